The van der Waals surface area contributed by atoms with Crippen LogP contribution < -0.4 is 4.74 Å². The number of esters is 1. The van der Waals surface area contributed by atoms with Crippen LogP contribution in [0, 0.1) is 0 Å². The summed E-state index contributed by atoms with van der Waals surface area (Å²) in [5.41, 5.74) is 1.19. The summed E-state index contributed by atoms with van der Waals surface area (Å²) < 4.78 is 25.7. The van der Waals surface area contributed by atoms with E-state index in [2.05, 4.69) is 0 Å². The van der Waals surface area contributed by atoms with E-state index in [1.165, 1.54) is 11.6 Å². The van der Waals surface area contributed by atoms with E-state index >= 15 is 0 Å². The predicted molar refractivity (Wildman–Crippen MR) is 94.4 cm³/mol. The Morgan fingerprint density at radius 1 is 1.12 bits per heavy atom. The van der Waals surface area contributed by atoms with Crippen LogP contribution in [0.15, 0.2) is 36.4 Å². The van der Waals surface area contributed by atoms with Gasteiger partial charge in [-0.15, -0.1) is 0 Å². The number of benzene rings is 1. The van der Waals surface area contributed by atoms with E-state index in [0.717, 1.165) is 18.6 Å². The van der Waals surface area contributed by atoms with Gasteiger partial charge in [0, 0.05) is 20.3 Å². The summed E-state index contributed by atoms with van der Waals surface area (Å²) in [6.45, 7) is 2.61. The van der Waals surface area contributed by atoms with E-state index in [1.807, 2.05) is 24.3 Å². The molecular weight excluding hydrogens is 324 g/mol. The Hall–Kier alpha value is -1.89. The van der Waals surface area contributed by atoms with Crippen LogP contribution in [0.2, 0.25) is 0 Å². The minimum atomic E-state index is -0.334. The minimum absolute atomic E-state index is 0.0324. The van der Waals surface area contributed by atoms with Crippen molar-refractivity contribution in [3.63, 3.8) is 0 Å². The molecule has 6 heteroatoms. The molecular formula is C19H28O6. The van der Waals surface area contributed by atoms with Crippen LogP contribution in [-0.2, 0) is 30.2 Å². The van der Waals surface area contributed by atoms with Gasteiger partial charge in [-0.3, -0.25) is 0 Å². The van der Waals surface area contributed by atoms with Gasteiger partial charge in [0.15, 0.2) is 6.79 Å². The van der Waals surface area contributed by atoms with Crippen molar-refractivity contribution >= 4 is 5.97 Å². The van der Waals surface area contributed by atoms with Crippen LogP contribution in [-0.4, -0.2) is 46.5 Å². The molecule has 0 heterocycles. The van der Waals surface area contributed by atoms with Gasteiger partial charge in [-0.05, 0) is 43.9 Å². The van der Waals surface area contributed by atoms with Crippen LogP contribution in [0.5, 0.6) is 5.75 Å². The number of aryl methyl sites for hydroxylation is 1. The predicted octanol–water partition coefficient (Wildman–Crippen LogP) is 3.10. The first-order valence-electron chi connectivity index (χ1n) is 8.34. The SMILES string of the molecule is CCOC(=O)/C=C/C[C@H](CCc1ccc(OCOC)cc1)OCOC. The molecule has 1 rings (SSSR count). The van der Waals surface area contributed by atoms with Crippen molar-refractivity contribution in [2.24, 2.45) is 0 Å². The van der Waals surface area contributed by atoms with Gasteiger partial charge in [-0.2, -0.15) is 0 Å². The van der Waals surface area contributed by atoms with Crippen LogP contribution in [0.3, 0.4) is 0 Å². The van der Waals surface area contributed by atoms with Crippen LogP contribution in [0.4, 0.5) is 0 Å². The smallest absolute Gasteiger partial charge is 0.330 e. The van der Waals surface area contributed by atoms with E-state index in [4.69, 9.17) is 23.7 Å². The van der Waals surface area contributed by atoms with Crippen molar-refractivity contribution in [2.45, 2.75) is 32.3 Å². The van der Waals surface area contributed by atoms with Crippen molar-refractivity contribution in [1.29, 1.82) is 0 Å². The number of carbonyl (C=O) groups excluding carboxylic acids is 1. The summed E-state index contributed by atoms with van der Waals surface area (Å²) in [5, 5.41) is 0. The number of rotatable bonds is 13. The molecule has 0 fully saturated rings. The van der Waals surface area contributed by atoms with Gasteiger partial charge in [-0.1, -0.05) is 18.2 Å². The van der Waals surface area contributed by atoms with Gasteiger partial charge in [0.05, 0.1) is 12.7 Å². The molecule has 25 heavy (non-hydrogen) atoms. The highest BCUT2D eigenvalue weighted by molar-refractivity contribution is 5.81. The van der Waals surface area contributed by atoms with E-state index in [-0.39, 0.29) is 25.7 Å². The molecule has 1 aromatic carbocycles. The van der Waals surface area contributed by atoms with Crippen molar-refractivity contribution in [3.8, 4) is 5.75 Å². The third kappa shape index (κ3) is 9.86. The molecule has 0 aliphatic rings. The van der Waals surface area contributed by atoms with Gasteiger partial charge in [-0.25, -0.2) is 4.79 Å². The molecule has 1 aromatic rings. The zero-order valence-electron chi connectivity index (χ0n) is 15.2. The fourth-order valence-corrected chi connectivity index (χ4v) is 2.15. The molecule has 1 atom stereocenters. The highest BCUT2D eigenvalue weighted by Crippen LogP contribution is 2.16. The average Bonchev–Trinajstić information content (AvgIpc) is 2.63. The summed E-state index contributed by atoms with van der Waals surface area (Å²) in [7, 11) is 3.18. The molecule has 0 N–H and O–H groups in total. The topological polar surface area (TPSA) is 63.2 Å². The Morgan fingerprint density at radius 2 is 1.84 bits per heavy atom. The molecule has 0 aliphatic heterocycles. The molecule has 140 valence electrons. The first-order valence-corrected chi connectivity index (χ1v) is 8.34. The normalized spacial score (nSPS) is 12.3. The fourth-order valence-electron chi connectivity index (χ4n) is 2.15. The molecule has 0 radical (unpaired) electrons. The van der Waals surface area contributed by atoms with Gasteiger partial charge >= 0.3 is 5.97 Å². The molecule has 0 bridgehead atoms. The largest absolute Gasteiger partial charge is 0.468 e. The van der Waals surface area contributed by atoms with Gasteiger partial charge < -0.3 is 23.7 Å². The highest BCUT2D eigenvalue weighted by Gasteiger charge is 2.09. The first-order chi connectivity index (χ1) is 12.2. The number of hydrogen-bond donors (Lipinski definition) is 0. The van der Waals surface area contributed by atoms with E-state index < -0.39 is 0 Å². The second-order valence-corrected chi connectivity index (χ2v) is 5.32. The molecule has 6 nitrogen and oxygen atoms in total. The number of carbonyl (C=O) groups is 1. The monoisotopic (exact) mass is 352 g/mol. The summed E-state index contributed by atoms with van der Waals surface area (Å²) >= 11 is 0. The Bertz CT molecular complexity index is 497. The zero-order chi connectivity index (χ0) is 18.3. The second-order valence-electron chi connectivity index (χ2n) is 5.32. The van der Waals surface area contributed by atoms with E-state index in [0.29, 0.717) is 13.0 Å². The second kappa shape index (κ2) is 13.4. The Kier molecular flexibility index (Phi) is 11.3. The fraction of sp³-hybridized carbons (Fsp3) is 0.526. The van der Waals surface area contributed by atoms with Crippen molar-refractivity contribution in [1.82, 2.24) is 0 Å². The lowest BCUT2D eigenvalue weighted by Crippen LogP contribution is -2.15. The van der Waals surface area contributed by atoms with Crippen LogP contribution in [0.25, 0.3) is 0 Å². The summed E-state index contributed by atoms with van der Waals surface area (Å²) in [5.74, 6) is 0.440. The minimum Gasteiger partial charge on any atom is -0.468 e. The molecule has 0 aliphatic carbocycles. The summed E-state index contributed by atoms with van der Waals surface area (Å²) in [4.78, 5) is 11.3. The molecule has 0 unspecified atom stereocenters. The third-order valence-corrected chi connectivity index (χ3v) is 3.38. The maximum absolute atomic E-state index is 11.3. The maximum Gasteiger partial charge on any atom is 0.330 e. The van der Waals surface area contributed by atoms with Crippen molar-refractivity contribution < 1.29 is 28.5 Å². The quantitative estimate of drug-likeness (QED) is 0.309. The molecule has 0 saturated heterocycles. The van der Waals surface area contributed by atoms with Gasteiger partial charge in [0.2, 0.25) is 0 Å². The number of hydrogen-bond acceptors (Lipinski definition) is 6. The molecule has 0 aromatic heterocycles. The number of methoxy groups -OCH3 is 2. The average molecular weight is 352 g/mol. The summed E-state index contributed by atoms with van der Waals surface area (Å²) in [6, 6.07) is 7.87. The third-order valence-electron chi connectivity index (χ3n) is 3.38. The van der Waals surface area contributed by atoms with Gasteiger partial charge in [0.25, 0.3) is 0 Å². The van der Waals surface area contributed by atoms with Gasteiger partial charge in [0.1, 0.15) is 12.5 Å². The van der Waals surface area contributed by atoms with Crippen molar-refractivity contribution in [2.75, 3.05) is 34.4 Å². The standard InChI is InChI=1S/C19H28O6/c1-4-23-19(20)7-5-6-17(24-14-21-2)11-8-16-9-12-18(13-10-16)25-15-22-3/h5,7,9-10,12-13,17H,4,6,8,11,14-15H2,1-3H3/b7-5+/t17-/m1/s1. The maximum atomic E-state index is 11.3. The Balaban J connectivity index is 2.47. The lowest BCUT2D eigenvalue weighted by atomic mass is 10.0. The van der Waals surface area contributed by atoms with Crippen LogP contribution >= 0.6 is 0 Å². The van der Waals surface area contributed by atoms with Crippen LogP contribution in [0.1, 0.15) is 25.3 Å². The Labute approximate surface area is 149 Å². The molecule has 0 spiro atoms. The molecule has 0 amide bonds. The first kappa shape index (κ1) is 21.2. The summed E-state index contributed by atoms with van der Waals surface area (Å²) in [6.07, 6.45) is 5.47. The molecule has 0 saturated carbocycles. The van der Waals surface area contributed by atoms with E-state index in [9.17, 15) is 4.79 Å². The number of ether oxygens (including phenoxy) is 5. The van der Waals surface area contributed by atoms with E-state index in [1.54, 1.807) is 27.2 Å². The Morgan fingerprint density at radius 3 is 2.48 bits per heavy atom. The lowest BCUT2D eigenvalue weighted by molar-refractivity contribution is -0.137. The highest BCUT2D eigenvalue weighted by atomic mass is 16.7. The zero-order valence-corrected chi connectivity index (χ0v) is 15.2. The lowest BCUT2D eigenvalue weighted by Gasteiger charge is -2.16. The van der Waals surface area contributed by atoms with Crippen molar-refractivity contribution in [3.05, 3.63) is 42.0 Å².